The topological polar surface area (TPSA) is 39.4 Å². The van der Waals surface area contributed by atoms with Crippen LogP contribution in [-0.4, -0.2) is 0 Å². The van der Waals surface area contributed by atoms with Gasteiger partial charge in [0.1, 0.15) is 23.8 Å². The summed E-state index contributed by atoms with van der Waals surface area (Å²) in [5.74, 6) is 0.142. The molecule has 0 saturated carbocycles. The zero-order valence-electron chi connectivity index (χ0n) is 13.7. The van der Waals surface area contributed by atoms with Gasteiger partial charge in [0.15, 0.2) is 0 Å². The molecule has 3 nitrogen and oxygen atoms in total. The highest BCUT2D eigenvalue weighted by molar-refractivity contribution is 6.31. The molecule has 2 aromatic carbocycles. The van der Waals surface area contributed by atoms with Gasteiger partial charge in [-0.15, -0.1) is 0 Å². The lowest BCUT2D eigenvalue weighted by molar-refractivity contribution is 0.298. The Kier molecular flexibility index (Phi) is 4.00. The van der Waals surface area contributed by atoms with Crippen molar-refractivity contribution in [2.24, 2.45) is 0 Å². The number of ether oxygens (including phenoxy) is 1. The van der Waals surface area contributed by atoms with Crippen molar-refractivity contribution in [1.82, 2.24) is 0 Å². The molecule has 4 rings (SSSR count). The molecule has 0 radical (unpaired) electrons. The third-order valence-electron chi connectivity index (χ3n) is 4.77. The summed E-state index contributed by atoms with van der Waals surface area (Å²) in [5.41, 5.74) is 3.19. The van der Waals surface area contributed by atoms with Gasteiger partial charge in [0.2, 0.25) is 0 Å². The molecule has 3 aromatic rings. The maximum absolute atomic E-state index is 13.9. The summed E-state index contributed by atoms with van der Waals surface area (Å²) < 4.78 is 25.2. The van der Waals surface area contributed by atoms with Crippen molar-refractivity contribution in [2.45, 2.75) is 32.8 Å². The molecule has 0 spiro atoms. The first kappa shape index (κ1) is 16.2. The van der Waals surface area contributed by atoms with Crippen molar-refractivity contribution in [1.29, 1.82) is 0 Å². The minimum absolute atomic E-state index is 0.00697. The molecule has 1 heterocycles. The van der Waals surface area contributed by atoms with Crippen LogP contribution in [0.4, 0.5) is 4.39 Å². The van der Waals surface area contributed by atoms with Crippen LogP contribution in [-0.2, 0) is 19.4 Å². The maximum Gasteiger partial charge on any atom is 0.339 e. The molecule has 0 fully saturated rings. The van der Waals surface area contributed by atoms with Crippen molar-refractivity contribution in [3.05, 3.63) is 73.8 Å². The predicted octanol–water partition coefficient (Wildman–Crippen LogP) is 4.96. The summed E-state index contributed by atoms with van der Waals surface area (Å²) in [5, 5.41) is 1.28. The van der Waals surface area contributed by atoms with Crippen LogP contribution in [0.3, 0.4) is 0 Å². The van der Waals surface area contributed by atoms with Crippen molar-refractivity contribution >= 4 is 22.6 Å². The second-order valence-electron chi connectivity index (χ2n) is 6.25. The Labute approximate surface area is 149 Å². The summed E-state index contributed by atoms with van der Waals surface area (Å²) in [4.78, 5) is 12.2. The van der Waals surface area contributed by atoms with Crippen LogP contribution in [0, 0.1) is 12.7 Å². The molecule has 0 unspecified atom stereocenters. The molecule has 0 aliphatic heterocycles. The monoisotopic (exact) mass is 358 g/mol. The highest BCUT2D eigenvalue weighted by atomic mass is 35.5. The molecule has 1 aliphatic rings. The van der Waals surface area contributed by atoms with Crippen LogP contribution in [0.1, 0.15) is 28.7 Å². The van der Waals surface area contributed by atoms with E-state index in [4.69, 9.17) is 20.8 Å². The second-order valence-corrected chi connectivity index (χ2v) is 6.66. The van der Waals surface area contributed by atoms with Gasteiger partial charge in [-0.3, -0.25) is 0 Å². The Morgan fingerprint density at radius 3 is 2.80 bits per heavy atom. The molecular formula is C20H16ClFO3. The molecule has 0 saturated heterocycles. The number of aryl methyl sites for hydroxylation is 2. The fourth-order valence-corrected chi connectivity index (χ4v) is 3.66. The van der Waals surface area contributed by atoms with E-state index in [2.05, 4.69) is 0 Å². The quantitative estimate of drug-likeness (QED) is 0.621. The summed E-state index contributed by atoms with van der Waals surface area (Å²) in [6.07, 6.45) is 2.64. The number of hydrogen-bond acceptors (Lipinski definition) is 3. The third kappa shape index (κ3) is 2.71. The van der Waals surface area contributed by atoms with Crippen molar-refractivity contribution < 1.29 is 13.5 Å². The average Bonchev–Trinajstić information content (AvgIpc) is 3.07. The zero-order valence-corrected chi connectivity index (χ0v) is 14.5. The van der Waals surface area contributed by atoms with E-state index >= 15 is 0 Å². The highest BCUT2D eigenvalue weighted by Crippen LogP contribution is 2.33. The fraction of sp³-hybridized carbons (Fsp3) is 0.250. The van der Waals surface area contributed by atoms with Gasteiger partial charge in [-0.05, 0) is 56.0 Å². The van der Waals surface area contributed by atoms with Crippen molar-refractivity contribution in [3.8, 4) is 5.75 Å². The normalized spacial score (nSPS) is 13.2. The van der Waals surface area contributed by atoms with E-state index in [1.165, 1.54) is 6.07 Å². The molecule has 25 heavy (non-hydrogen) atoms. The van der Waals surface area contributed by atoms with Gasteiger partial charge in [0.05, 0.1) is 5.02 Å². The van der Waals surface area contributed by atoms with Crippen LogP contribution in [0.2, 0.25) is 5.02 Å². The lowest BCUT2D eigenvalue weighted by atomic mass is 10.0. The number of halogens is 2. The van der Waals surface area contributed by atoms with E-state index in [0.717, 1.165) is 41.3 Å². The van der Waals surface area contributed by atoms with E-state index in [1.54, 1.807) is 12.1 Å². The largest absolute Gasteiger partial charge is 0.488 e. The van der Waals surface area contributed by atoms with Gasteiger partial charge < -0.3 is 9.15 Å². The average molecular weight is 359 g/mol. The first-order valence-corrected chi connectivity index (χ1v) is 8.58. The molecule has 5 heteroatoms. The SMILES string of the molecule is Cc1c(OCc2c(F)cccc2Cl)ccc2c3c(c(=O)oc12)CCC3. The molecule has 0 bridgehead atoms. The maximum atomic E-state index is 13.9. The van der Waals surface area contributed by atoms with E-state index in [0.29, 0.717) is 21.9 Å². The molecule has 1 aromatic heterocycles. The third-order valence-corrected chi connectivity index (χ3v) is 5.13. The van der Waals surface area contributed by atoms with E-state index in [9.17, 15) is 9.18 Å². The summed E-state index contributed by atoms with van der Waals surface area (Å²) >= 11 is 6.04. The lowest BCUT2D eigenvalue weighted by Gasteiger charge is -2.13. The number of rotatable bonds is 3. The summed E-state index contributed by atoms with van der Waals surface area (Å²) in [6, 6.07) is 8.27. The Bertz CT molecular complexity index is 1020. The van der Waals surface area contributed by atoms with Gasteiger partial charge >= 0.3 is 5.63 Å². The summed E-state index contributed by atoms with van der Waals surface area (Å²) in [7, 11) is 0. The zero-order chi connectivity index (χ0) is 17.6. The van der Waals surface area contributed by atoms with Gasteiger partial charge in [-0.2, -0.15) is 0 Å². The van der Waals surface area contributed by atoms with Gasteiger partial charge in [0, 0.05) is 22.1 Å². The Hall–Kier alpha value is -2.33. The van der Waals surface area contributed by atoms with Gasteiger partial charge in [0.25, 0.3) is 0 Å². The second kappa shape index (κ2) is 6.19. The number of hydrogen-bond donors (Lipinski definition) is 0. The summed E-state index contributed by atoms with van der Waals surface area (Å²) in [6.45, 7) is 1.85. The van der Waals surface area contributed by atoms with E-state index < -0.39 is 5.82 Å². The van der Waals surface area contributed by atoms with Crippen molar-refractivity contribution in [3.63, 3.8) is 0 Å². The first-order chi connectivity index (χ1) is 12.1. The number of benzene rings is 2. The van der Waals surface area contributed by atoms with E-state index in [1.807, 2.05) is 19.1 Å². The van der Waals surface area contributed by atoms with Crippen LogP contribution >= 0.6 is 11.6 Å². The highest BCUT2D eigenvalue weighted by Gasteiger charge is 2.21. The number of fused-ring (bicyclic) bond motifs is 3. The Balaban J connectivity index is 1.73. The molecular weight excluding hydrogens is 343 g/mol. The minimum Gasteiger partial charge on any atom is -0.488 e. The predicted molar refractivity (Wildman–Crippen MR) is 95.0 cm³/mol. The van der Waals surface area contributed by atoms with Gasteiger partial charge in [-0.25, -0.2) is 9.18 Å². The van der Waals surface area contributed by atoms with E-state index in [-0.39, 0.29) is 12.2 Å². The fourth-order valence-electron chi connectivity index (χ4n) is 3.44. The minimum atomic E-state index is -0.407. The molecule has 0 N–H and O–H groups in total. The molecule has 1 aliphatic carbocycles. The Morgan fingerprint density at radius 1 is 1.20 bits per heavy atom. The van der Waals surface area contributed by atoms with Crippen LogP contribution in [0.15, 0.2) is 39.5 Å². The molecule has 128 valence electrons. The molecule has 0 amide bonds. The van der Waals surface area contributed by atoms with Crippen LogP contribution in [0.5, 0.6) is 5.75 Å². The molecule has 0 atom stereocenters. The van der Waals surface area contributed by atoms with Crippen molar-refractivity contribution in [2.75, 3.05) is 0 Å². The van der Waals surface area contributed by atoms with Crippen LogP contribution in [0.25, 0.3) is 11.0 Å². The van der Waals surface area contributed by atoms with Gasteiger partial charge in [-0.1, -0.05) is 17.7 Å². The lowest BCUT2D eigenvalue weighted by Crippen LogP contribution is -2.08. The Morgan fingerprint density at radius 2 is 2.00 bits per heavy atom. The first-order valence-electron chi connectivity index (χ1n) is 8.20. The van der Waals surface area contributed by atoms with Crippen LogP contribution < -0.4 is 10.4 Å². The smallest absolute Gasteiger partial charge is 0.339 e. The standard InChI is InChI=1S/C20H16ClFO3/c1-11-18(24-10-15-16(21)6-3-7-17(15)22)9-8-13-12-4-2-5-14(12)20(23)25-19(11)13/h3,6-9H,2,4-5,10H2,1H3.